The van der Waals surface area contributed by atoms with Gasteiger partial charge in [-0.15, -0.1) is 0 Å². The lowest BCUT2D eigenvalue weighted by Gasteiger charge is -2.24. The number of ether oxygens (including phenoxy) is 1. The number of aliphatic hydroxyl groups is 1. The highest BCUT2D eigenvalue weighted by molar-refractivity contribution is 5.87. The highest BCUT2D eigenvalue weighted by atomic mass is 16.5. The van der Waals surface area contributed by atoms with Gasteiger partial charge in [-0.1, -0.05) is 20.8 Å². The van der Waals surface area contributed by atoms with Crippen molar-refractivity contribution in [1.29, 1.82) is 0 Å². The molecule has 0 aliphatic carbocycles. The van der Waals surface area contributed by atoms with Crippen molar-refractivity contribution in [3.63, 3.8) is 0 Å². The monoisotopic (exact) mass is 217 g/mol. The summed E-state index contributed by atoms with van der Waals surface area (Å²) in [4.78, 5) is 22.8. The Kier molecular flexibility index (Phi) is 4.74. The van der Waals surface area contributed by atoms with Crippen molar-refractivity contribution in [1.82, 2.24) is 5.32 Å². The van der Waals surface area contributed by atoms with Crippen LogP contribution in [0.3, 0.4) is 0 Å². The number of nitrogens with one attached hydrogen (secondary N) is 1. The van der Waals surface area contributed by atoms with E-state index < -0.39 is 23.5 Å². The number of methoxy groups -OCH3 is 1. The number of hydrogen-bond acceptors (Lipinski definition) is 4. The number of rotatable bonds is 3. The van der Waals surface area contributed by atoms with E-state index in [1.807, 2.05) is 0 Å². The minimum Gasteiger partial charge on any atom is -0.467 e. The van der Waals surface area contributed by atoms with Crippen molar-refractivity contribution in [2.75, 3.05) is 7.11 Å². The van der Waals surface area contributed by atoms with Crippen LogP contribution in [0, 0.1) is 5.41 Å². The van der Waals surface area contributed by atoms with Crippen LogP contribution in [0.5, 0.6) is 0 Å². The lowest BCUT2D eigenvalue weighted by atomic mass is 9.95. The molecule has 5 heteroatoms. The second-order valence-corrected chi connectivity index (χ2v) is 4.46. The number of amides is 1. The van der Waals surface area contributed by atoms with Crippen LogP contribution >= 0.6 is 0 Å². The molecule has 0 fully saturated rings. The van der Waals surface area contributed by atoms with E-state index in [-0.39, 0.29) is 5.91 Å². The molecule has 15 heavy (non-hydrogen) atoms. The Morgan fingerprint density at radius 2 is 1.80 bits per heavy atom. The Balaban J connectivity index is 4.57. The molecule has 0 aromatic heterocycles. The summed E-state index contributed by atoms with van der Waals surface area (Å²) < 4.78 is 4.47. The van der Waals surface area contributed by atoms with Gasteiger partial charge in [0.15, 0.2) is 6.04 Å². The average Bonchev–Trinajstić information content (AvgIpc) is 2.10. The Morgan fingerprint density at radius 1 is 1.33 bits per heavy atom. The first kappa shape index (κ1) is 13.9. The predicted molar refractivity (Wildman–Crippen MR) is 55.1 cm³/mol. The lowest BCUT2D eigenvalue weighted by Crippen LogP contribution is -2.51. The van der Waals surface area contributed by atoms with Gasteiger partial charge in [-0.3, -0.25) is 4.79 Å². The van der Waals surface area contributed by atoms with Gasteiger partial charge in [0.2, 0.25) is 5.91 Å². The number of hydrogen-bond donors (Lipinski definition) is 2. The normalized spacial score (nSPS) is 15.3. The minimum absolute atomic E-state index is 0.307. The van der Waals surface area contributed by atoms with Crippen LogP contribution in [0.15, 0.2) is 0 Å². The van der Waals surface area contributed by atoms with Gasteiger partial charge in [-0.2, -0.15) is 0 Å². The fraction of sp³-hybridized carbons (Fsp3) is 0.800. The third-order valence-electron chi connectivity index (χ3n) is 1.91. The molecular weight excluding hydrogens is 198 g/mol. The van der Waals surface area contributed by atoms with Crippen molar-refractivity contribution < 1.29 is 19.4 Å². The Bertz CT molecular complexity index is 242. The summed E-state index contributed by atoms with van der Waals surface area (Å²) in [5.41, 5.74) is -0.610. The predicted octanol–water partition coefficient (Wildman–Crippen LogP) is 0.0711. The zero-order valence-electron chi connectivity index (χ0n) is 9.83. The maximum atomic E-state index is 11.6. The maximum absolute atomic E-state index is 11.6. The van der Waals surface area contributed by atoms with Crippen molar-refractivity contribution >= 4 is 11.9 Å². The summed E-state index contributed by atoms with van der Waals surface area (Å²) in [5.74, 6) is -0.957. The molecule has 0 spiro atoms. The molecule has 0 saturated carbocycles. The van der Waals surface area contributed by atoms with E-state index in [0.29, 0.717) is 0 Å². The number of aliphatic hydroxyl groups excluding tert-OH is 1. The van der Waals surface area contributed by atoms with Gasteiger partial charge in [-0.05, 0) is 6.92 Å². The molecule has 0 aliphatic heterocycles. The van der Waals surface area contributed by atoms with Crippen LogP contribution < -0.4 is 5.32 Å². The molecule has 0 bridgehead atoms. The highest BCUT2D eigenvalue weighted by Crippen LogP contribution is 2.13. The number of esters is 1. The quantitative estimate of drug-likeness (QED) is 0.656. The Morgan fingerprint density at radius 3 is 2.07 bits per heavy atom. The van der Waals surface area contributed by atoms with Gasteiger partial charge < -0.3 is 15.2 Å². The van der Waals surface area contributed by atoms with Crippen LogP contribution in [0.1, 0.15) is 27.7 Å². The topological polar surface area (TPSA) is 75.6 Å². The van der Waals surface area contributed by atoms with Crippen LogP contribution in [0.25, 0.3) is 0 Å². The molecule has 1 amide bonds. The van der Waals surface area contributed by atoms with Crippen LogP contribution in [-0.4, -0.2) is 36.2 Å². The molecular formula is C10H19NO4. The Hall–Kier alpha value is -1.10. The van der Waals surface area contributed by atoms with Crippen molar-refractivity contribution in [2.24, 2.45) is 5.41 Å². The smallest absolute Gasteiger partial charge is 0.331 e. The summed E-state index contributed by atoms with van der Waals surface area (Å²) in [6, 6.07) is -1.01. The van der Waals surface area contributed by atoms with Gasteiger partial charge in [0.25, 0.3) is 0 Å². The van der Waals surface area contributed by atoms with E-state index in [2.05, 4.69) is 10.1 Å². The molecule has 0 aromatic carbocycles. The molecule has 0 saturated heterocycles. The summed E-state index contributed by atoms with van der Waals surface area (Å²) in [6.07, 6.45) is -0.983. The molecule has 0 aromatic rings. The van der Waals surface area contributed by atoms with Crippen molar-refractivity contribution in [2.45, 2.75) is 39.8 Å². The zero-order chi connectivity index (χ0) is 12.2. The minimum atomic E-state index is -1.01. The summed E-state index contributed by atoms with van der Waals surface area (Å²) in [6.45, 7) is 6.58. The third-order valence-corrected chi connectivity index (χ3v) is 1.91. The molecule has 5 nitrogen and oxygen atoms in total. The lowest BCUT2D eigenvalue weighted by molar-refractivity contribution is -0.149. The molecule has 88 valence electrons. The zero-order valence-corrected chi connectivity index (χ0v) is 9.83. The van der Waals surface area contributed by atoms with E-state index in [1.165, 1.54) is 14.0 Å². The largest absolute Gasteiger partial charge is 0.467 e. The fourth-order valence-corrected chi connectivity index (χ4v) is 0.861. The van der Waals surface area contributed by atoms with E-state index in [9.17, 15) is 14.7 Å². The van der Waals surface area contributed by atoms with Gasteiger partial charge in [-0.25, -0.2) is 4.79 Å². The molecule has 0 unspecified atom stereocenters. The first-order chi connectivity index (χ1) is 6.70. The second-order valence-electron chi connectivity index (χ2n) is 4.46. The molecule has 0 rings (SSSR count). The van der Waals surface area contributed by atoms with Gasteiger partial charge >= 0.3 is 5.97 Å². The summed E-state index contributed by atoms with van der Waals surface area (Å²) in [7, 11) is 1.21. The molecule has 0 heterocycles. The molecule has 0 aliphatic rings. The van der Waals surface area contributed by atoms with Gasteiger partial charge in [0, 0.05) is 5.41 Å². The average molecular weight is 217 g/mol. The highest BCUT2D eigenvalue weighted by Gasteiger charge is 2.30. The molecule has 0 radical (unpaired) electrons. The van der Waals surface area contributed by atoms with E-state index in [4.69, 9.17) is 0 Å². The Labute approximate surface area is 89.8 Å². The maximum Gasteiger partial charge on any atom is 0.331 e. The van der Waals surface area contributed by atoms with Crippen LogP contribution in [-0.2, 0) is 14.3 Å². The fourth-order valence-electron chi connectivity index (χ4n) is 0.861. The first-order valence-corrected chi connectivity index (χ1v) is 4.77. The third kappa shape index (κ3) is 4.29. The second kappa shape index (κ2) is 5.11. The summed E-state index contributed by atoms with van der Waals surface area (Å²) >= 11 is 0. The van der Waals surface area contributed by atoms with Crippen molar-refractivity contribution in [3.8, 4) is 0 Å². The van der Waals surface area contributed by atoms with Gasteiger partial charge in [0.05, 0.1) is 13.2 Å². The summed E-state index contributed by atoms with van der Waals surface area (Å²) in [5, 5.41) is 11.8. The molecule has 2 N–H and O–H groups in total. The van der Waals surface area contributed by atoms with Crippen LogP contribution in [0.2, 0.25) is 0 Å². The number of carbonyl (C=O) groups excluding carboxylic acids is 2. The molecule has 2 atom stereocenters. The van der Waals surface area contributed by atoms with Crippen molar-refractivity contribution in [3.05, 3.63) is 0 Å². The number of carbonyl (C=O) groups is 2. The standard InChI is InChI=1S/C10H19NO4/c1-6(12)7(8(13)15-5)11-9(14)10(2,3)4/h6-7,12H,1-5H3,(H,11,14)/t6-,7+/m1/s1. The first-order valence-electron chi connectivity index (χ1n) is 4.77. The SMILES string of the molecule is COC(=O)[C@@H](NC(=O)C(C)(C)C)[C@@H](C)O. The van der Waals surface area contributed by atoms with E-state index in [0.717, 1.165) is 0 Å². The van der Waals surface area contributed by atoms with E-state index in [1.54, 1.807) is 20.8 Å². The van der Waals surface area contributed by atoms with Gasteiger partial charge in [0.1, 0.15) is 0 Å². The van der Waals surface area contributed by atoms with E-state index >= 15 is 0 Å². The van der Waals surface area contributed by atoms with Crippen LogP contribution in [0.4, 0.5) is 0 Å².